The monoisotopic (exact) mass is 176 g/mol. The highest BCUT2D eigenvalue weighted by Crippen LogP contribution is 2.20. The average molecular weight is 176 g/mol. The highest BCUT2D eigenvalue weighted by molar-refractivity contribution is 5.03. The minimum Gasteiger partial charge on any atom is -0.126 e. The number of hydrogen-bond acceptors (Lipinski definition) is 0. The summed E-state index contributed by atoms with van der Waals surface area (Å²) in [5.41, 5.74) is 4.94. The van der Waals surface area contributed by atoms with E-state index in [1.165, 1.54) is 50.5 Å². The lowest BCUT2D eigenvalue weighted by Crippen LogP contribution is -1.90. The maximum atomic E-state index is 3.70. The zero-order valence-corrected chi connectivity index (χ0v) is 8.52. The summed E-state index contributed by atoms with van der Waals surface area (Å²) in [6.45, 7) is 3.70. The van der Waals surface area contributed by atoms with Crippen molar-refractivity contribution in [2.45, 2.75) is 51.4 Å². The molecule has 0 aliphatic heterocycles. The van der Waals surface area contributed by atoms with Crippen LogP contribution in [-0.4, -0.2) is 0 Å². The standard InChI is InChI=1S/C13H20/c1-2-3-7-10-13-11-8-5-4-6-9-12-13/h2,7H,1,3-6,8-9,11-12H2. The van der Waals surface area contributed by atoms with Gasteiger partial charge in [-0.05, 0) is 43.8 Å². The van der Waals surface area contributed by atoms with Crippen LogP contribution in [0.2, 0.25) is 0 Å². The van der Waals surface area contributed by atoms with Crippen molar-refractivity contribution in [1.29, 1.82) is 0 Å². The predicted molar refractivity (Wildman–Crippen MR) is 58.7 cm³/mol. The summed E-state index contributed by atoms with van der Waals surface area (Å²) in [7, 11) is 0. The summed E-state index contributed by atoms with van der Waals surface area (Å²) in [5.74, 6) is 0. The first-order valence-corrected chi connectivity index (χ1v) is 5.47. The van der Waals surface area contributed by atoms with Crippen molar-refractivity contribution in [3.63, 3.8) is 0 Å². The van der Waals surface area contributed by atoms with Gasteiger partial charge in [0.1, 0.15) is 0 Å². The first-order chi connectivity index (χ1) is 6.43. The van der Waals surface area contributed by atoms with Crippen molar-refractivity contribution in [3.8, 4) is 0 Å². The molecule has 1 saturated carbocycles. The number of rotatable bonds is 2. The van der Waals surface area contributed by atoms with Crippen molar-refractivity contribution in [2.75, 3.05) is 0 Å². The van der Waals surface area contributed by atoms with E-state index in [0.717, 1.165) is 6.42 Å². The lowest BCUT2D eigenvalue weighted by atomic mass is 9.97. The second-order valence-electron chi connectivity index (χ2n) is 3.74. The Kier molecular flexibility index (Phi) is 5.36. The highest BCUT2D eigenvalue weighted by atomic mass is 14.1. The number of hydrogen-bond donors (Lipinski definition) is 0. The fraction of sp³-hybridized carbons (Fsp3) is 0.615. The molecule has 0 aromatic rings. The molecule has 0 heteroatoms. The molecule has 0 aromatic carbocycles. The van der Waals surface area contributed by atoms with Gasteiger partial charge in [-0.25, -0.2) is 0 Å². The summed E-state index contributed by atoms with van der Waals surface area (Å²) in [4.78, 5) is 0. The molecule has 72 valence electrons. The summed E-state index contributed by atoms with van der Waals surface area (Å²) in [6.07, 6.45) is 14.5. The lowest BCUT2D eigenvalue weighted by molar-refractivity contribution is 0.569. The molecule has 0 nitrogen and oxygen atoms in total. The van der Waals surface area contributed by atoms with E-state index < -0.39 is 0 Å². The van der Waals surface area contributed by atoms with Crippen molar-refractivity contribution in [3.05, 3.63) is 30.0 Å². The molecule has 0 amide bonds. The van der Waals surface area contributed by atoms with E-state index >= 15 is 0 Å². The van der Waals surface area contributed by atoms with Gasteiger partial charge in [0.05, 0.1) is 0 Å². The third-order valence-corrected chi connectivity index (χ3v) is 2.55. The largest absolute Gasteiger partial charge is 0.126 e. The molecule has 0 radical (unpaired) electrons. The van der Waals surface area contributed by atoms with E-state index in [1.807, 2.05) is 6.08 Å². The molecule has 0 atom stereocenters. The van der Waals surface area contributed by atoms with Gasteiger partial charge in [0.2, 0.25) is 0 Å². The quantitative estimate of drug-likeness (QED) is 0.432. The van der Waals surface area contributed by atoms with Gasteiger partial charge in [-0.15, -0.1) is 12.3 Å². The van der Waals surface area contributed by atoms with Crippen LogP contribution < -0.4 is 0 Å². The van der Waals surface area contributed by atoms with Crippen molar-refractivity contribution in [1.82, 2.24) is 0 Å². The normalized spacial score (nSPS) is 18.3. The Morgan fingerprint density at radius 2 is 1.69 bits per heavy atom. The van der Waals surface area contributed by atoms with Gasteiger partial charge in [-0.1, -0.05) is 25.3 Å². The molecule has 13 heavy (non-hydrogen) atoms. The molecule has 0 saturated heterocycles. The second kappa shape index (κ2) is 6.74. The average Bonchev–Trinajstić information content (AvgIpc) is 2.08. The molecular formula is C13H20. The summed E-state index contributed by atoms with van der Waals surface area (Å²) in [6, 6.07) is 0. The van der Waals surface area contributed by atoms with Crippen LogP contribution in [0.25, 0.3) is 0 Å². The molecule has 0 N–H and O–H groups in total. The Labute approximate surface area is 82.0 Å². The van der Waals surface area contributed by atoms with Gasteiger partial charge in [-0.3, -0.25) is 0 Å². The fourth-order valence-corrected chi connectivity index (χ4v) is 1.76. The molecule has 0 bridgehead atoms. The summed E-state index contributed by atoms with van der Waals surface area (Å²) < 4.78 is 0. The van der Waals surface area contributed by atoms with Gasteiger partial charge in [-0.2, -0.15) is 0 Å². The van der Waals surface area contributed by atoms with Crippen LogP contribution in [0.3, 0.4) is 0 Å². The minimum atomic E-state index is 0.962. The Bertz CT molecular complexity index is 194. The Morgan fingerprint density at radius 1 is 1.08 bits per heavy atom. The Hall–Kier alpha value is -0.740. The molecule has 1 fully saturated rings. The van der Waals surface area contributed by atoms with Gasteiger partial charge in [0, 0.05) is 0 Å². The molecule has 0 aromatic heterocycles. The van der Waals surface area contributed by atoms with Crippen molar-refractivity contribution >= 4 is 0 Å². The summed E-state index contributed by atoms with van der Waals surface area (Å²) >= 11 is 0. The van der Waals surface area contributed by atoms with Crippen LogP contribution in [0, 0.1) is 0 Å². The van der Waals surface area contributed by atoms with Crippen molar-refractivity contribution < 1.29 is 0 Å². The van der Waals surface area contributed by atoms with Crippen LogP contribution >= 0.6 is 0 Å². The highest BCUT2D eigenvalue weighted by Gasteiger charge is 2.01. The van der Waals surface area contributed by atoms with Gasteiger partial charge < -0.3 is 0 Å². The van der Waals surface area contributed by atoms with Gasteiger partial charge in [0.15, 0.2) is 0 Å². The number of allylic oxidation sites excluding steroid dienone is 2. The van der Waals surface area contributed by atoms with E-state index in [9.17, 15) is 0 Å². The molecule has 0 unspecified atom stereocenters. The van der Waals surface area contributed by atoms with Crippen LogP contribution in [0.5, 0.6) is 0 Å². The SMILES string of the molecule is C=CCC=C=C1CCCCCCC1. The van der Waals surface area contributed by atoms with E-state index in [0.29, 0.717) is 0 Å². The first kappa shape index (κ1) is 10.3. The Morgan fingerprint density at radius 3 is 2.31 bits per heavy atom. The summed E-state index contributed by atoms with van der Waals surface area (Å²) in [5, 5.41) is 0. The Balaban J connectivity index is 2.44. The van der Waals surface area contributed by atoms with Crippen LogP contribution in [0.4, 0.5) is 0 Å². The van der Waals surface area contributed by atoms with Crippen LogP contribution in [0.15, 0.2) is 30.0 Å². The van der Waals surface area contributed by atoms with E-state index in [1.54, 1.807) is 0 Å². The maximum absolute atomic E-state index is 3.70. The van der Waals surface area contributed by atoms with Crippen molar-refractivity contribution in [2.24, 2.45) is 0 Å². The molecular weight excluding hydrogens is 156 g/mol. The maximum Gasteiger partial charge on any atom is -0.00956 e. The fourth-order valence-electron chi connectivity index (χ4n) is 1.76. The van der Waals surface area contributed by atoms with Gasteiger partial charge in [0.25, 0.3) is 0 Å². The zero-order chi connectivity index (χ0) is 9.36. The van der Waals surface area contributed by atoms with Gasteiger partial charge >= 0.3 is 0 Å². The lowest BCUT2D eigenvalue weighted by Gasteiger charge is -2.09. The molecule has 1 aliphatic rings. The minimum absolute atomic E-state index is 0.962. The zero-order valence-electron chi connectivity index (χ0n) is 8.52. The first-order valence-electron chi connectivity index (χ1n) is 5.47. The van der Waals surface area contributed by atoms with E-state index in [4.69, 9.17) is 0 Å². The topological polar surface area (TPSA) is 0 Å². The van der Waals surface area contributed by atoms with Crippen LogP contribution in [-0.2, 0) is 0 Å². The molecule has 0 heterocycles. The van der Waals surface area contributed by atoms with E-state index in [-0.39, 0.29) is 0 Å². The molecule has 0 spiro atoms. The van der Waals surface area contributed by atoms with E-state index in [2.05, 4.69) is 18.4 Å². The smallest absolute Gasteiger partial charge is 0.00956 e. The molecule has 1 rings (SSSR count). The molecule has 1 aliphatic carbocycles. The predicted octanol–water partition coefficient (Wildman–Crippen LogP) is 4.39. The second-order valence-corrected chi connectivity index (χ2v) is 3.74. The van der Waals surface area contributed by atoms with Crippen LogP contribution in [0.1, 0.15) is 51.4 Å². The third-order valence-electron chi connectivity index (χ3n) is 2.55. The third kappa shape index (κ3) is 4.75.